The lowest BCUT2D eigenvalue weighted by Crippen LogP contribution is -2.23. The Bertz CT molecular complexity index is 1280. The Labute approximate surface area is 176 Å². The molecule has 1 aromatic carbocycles. The van der Waals surface area contributed by atoms with Crippen molar-refractivity contribution in [3.8, 4) is 0 Å². The first-order chi connectivity index (χ1) is 14.1. The molecule has 10 nitrogen and oxygen atoms in total. The highest BCUT2D eigenvalue weighted by molar-refractivity contribution is 7.89. The van der Waals surface area contributed by atoms with Crippen LogP contribution in [0.5, 0.6) is 0 Å². The molecule has 30 heavy (non-hydrogen) atoms. The molecule has 3 rings (SSSR count). The van der Waals surface area contributed by atoms with Crippen molar-refractivity contribution >= 4 is 43.5 Å². The van der Waals surface area contributed by atoms with Gasteiger partial charge in [-0.3, -0.25) is 14.3 Å². The van der Waals surface area contributed by atoms with Crippen molar-refractivity contribution < 1.29 is 22.7 Å². The van der Waals surface area contributed by atoms with Gasteiger partial charge in [-0.25, -0.2) is 13.6 Å². The number of hydrogen-bond donors (Lipinski definition) is 1. The molecule has 3 aromatic rings. The summed E-state index contributed by atoms with van der Waals surface area (Å²) >= 11 is 1.06. The summed E-state index contributed by atoms with van der Waals surface area (Å²) in [6, 6.07) is 5.88. The lowest BCUT2D eigenvalue weighted by atomic mass is 10.3. The van der Waals surface area contributed by atoms with Crippen LogP contribution in [0.3, 0.4) is 0 Å². The largest absolute Gasteiger partial charge is 0.465 e. The molecule has 1 amide bonds. The molecule has 0 aliphatic rings. The van der Waals surface area contributed by atoms with Crippen LogP contribution in [-0.4, -0.2) is 41.2 Å². The van der Waals surface area contributed by atoms with E-state index < -0.39 is 21.9 Å². The quantitative estimate of drug-likeness (QED) is 0.563. The summed E-state index contributed by atoms with van der Waals surface area (Å²) in [6.07, 6.45) is 1.68. The highest BCUT2D eigenvalue weighted by Gasteiger charge is 2.17. The van der Waals surface area contributed by atoms with E-state index in [2.05, 4.69) is 10.1 Å². The minimum absolute atomic E-state index is 0.0758. The van der Waals surface area contributed by atoms with Gasteiger partial charge >= 0.3 is 5.97 Å². The molecule has 0 saturated carbocycles. The van der Waals surface area contributed by atoms with Crippen molar-refractivity contribution in [2.24, 2.45) is 10.1 Å². The van der Waals surface area contributed by atoms with Crippen molar-refractivity contribution in [1.82, 2.24) is 14.3 Å². The number of thiazole rings is 1. The number of carbonyl (C=O) groups excluding carboxylic acids is 2. The second-order valence-corrected chi connectivity index (χ2v) is 9.21. The molecule has 0 aliphatic carbocycles. The number of benzene rings is 1. The Hall–Kier alpha value is -2.83. The number of aromatic nitrogens is 3. The van der Waals surface area contributed by atoms with Gasteiger partial charge in [0.25, 0.3) is 5.91 Å². The van der Waals surface area contributed by atoms with Crippen LogP contribution in [0.25, 0.3) is 10.2 Å². The number of fused-ring (bicyclic) bond motifs is 1. The third-order valence-electron chi connectivity index (χ3n) is 4.13. The Morgan fingerprint density at radius 1 is 1.30 bits per heavy atom. The van der Waals surface area contributed by atoms with Crippen LogP contribution in [0.2, 0.25) is 0 Å². The molecule has 2 N–H and O–H groups in total. The van der Waals surface area contributed by atoms with Gasteiger partial charge in [0.15, 0.2) is 10.5 Å². The van der Waals surface area contributed by atoms with Crippen molar-refractivity contribution in [2.75, 3.05) is 6.61 Å². The lowest BCUT2D eigenvalue weighted by molar-refractivity contribution is -0.143. The number of nitrogens with zero attached hydrogens (tertiary/aromatic N) is 4. The number of amides is 1. The number of sulfonamides is 1. The number of esters is 1. The molecule has 0 aliphatic heterocycles. The average molecular weight is 452 g/mol. The average Bonchev–Trinajstić information content (AvgIpc) is 3.27. The Morgan fingerprint density at radius 3 is 2.63 bits per heavy atom. The van der Waals surface area contributed by atoms with E-state index in [9.17, 15) is 18.0 Å². The van der Waals surface area contributed by atoms with Gasteiger partial charge < -0.3 is 9.30 Å². The molecule has 0 unspecified atom stereocenters. The highest BCUT2D eigenvalue weighted by atomic mass is 32.2. The van der Waals surface area contributed by atoms with E-state index in [-0.39, 0.29) is 34.6 Å². The molecule has 0 radical (unpaired) electrons. The third-order valence-corrected chi connectivity index (χ3v) is 6.08. The summed E-state index contributed by atoms with van der Waals surface area (Å²) in [4.78, 5) is 29.0. The van der Waals surface area contributed by atoms with E-state index in [1.165, 1.54) is 22.8 Å². The second-order valence-electron chi connectivity index (χ2n) is 6.64. The molecule has 12 heteroatoms. The van der Waals surface area contributed by atoms with Crippen LogP contribution in [0, 0.1) is 0 Å². The van der Waals surface area contributed by atoms with Gasteiger partial charge in [0, 0.05) is 12.2 Å². The summed E-state index contributed by atoms with van der Waals surface area (Å²) in [5, 5.41) is 9.41. The molecule has 0 bridgehead atoms. The summed E-state index contributed by atoms with van der Waals surface area (Å²) < 4.78 is 32.0. The van der Waals surface area contributed by atoms with Crippen LogP contribution in [0.1, 0.15) is 37.3 Å². The third kappa shape index (κ3) is 4.66. The predicted molar refractivity (Wildman–Crippen MR) is 110 cm³/mol. The van der Waals surface area contributed by atoms with Crippen molar-refractivity contribution in [2.45, 2.75) is 38.3 Å². The van der Waals surface area contributed by atoms with Gasteiger partial charge in [0.2, 0.25) is 10.0 Å². The van der Waals surface area contributed by atoms with Crippen LogP contribution >= 0.6 is 11.3 Å². The van der Waals surface area contributed by atoms with E-state index >= 15 is 0 Å². The number of hydrogen-bond acceptors (Lipinski definition) is 7. The first-order valence-electron chi connectivity index (χ1n) is 9.06. The van der Waals surface area contributed by atoms with E-state index in [0.717, 1.165) is 11.3 Å². The summed E-state index contributed by atoms with van der Waals surface area (Å²) in [7, 11) is -3.91. The molecule has 0 spiro atoms. The normalized spacial score (nSPS) is 12.6. The number of rotatable bonds is 6. The molecule has 0 atom stereocenters. The van der Waals surface area contributed by atoms with E-state index in [0.29, 0.717) is 10.2 Å². The zero-order chi connectivity index (χ0) is 22.1. The fourth-order valence-electron chi connectivity index (χ4n) is 2.69. The Kier molecular flexibility index (Phi) is 6.19. The lowest BCUT2D eigenvalue weighted by Gasteiger charge is -2.05. The van der Waals surface area contributed by atoms with E-state index in [4.69, 9.17) is 9.88 Å². The summed E-state index contributed by atoms with van der Waals surface area (Å²) in [6.45, 7) is 5.57. The first-order valence-corrected chi connectivity index (χ1v) is 11.4. The molecule has 2 aromatic heterocycles. The van der Waals surface area contributed by atoms with Gasteiger partial charge in [0.1, 0.15) is 6.54 Å². The Morgan fingerprint density at radius 2 is 2.03 bits per heavy atom. The van der Waals surface area contributed by atoms with Gasteiger partial charge in [0.05, 0.1) is 21.7 Å². The van der Waals surface area contributed by atoms with Crippen LogP contribution in [0.4, 0.5) is 0 Å². The molecular formula is C18H21N5O5S2. The number of primary sulfonamides is 1. The van der Waals surface area contributed by atoms with Crippen LogP contribution in [0.15, 0.2) is 40.4 Å². The standard InChI is InChI=1S/C18H21N5O5S2/c1-4-28-16(24)10-22-14-6-5-12(30(19,26)27)9-15(14)29-18(22)20-17(25)13-7-8-23(21-13)11(2)3/h5-9,11H,4,10H2,1-3H3,(H2,19,26,27). The van der Waals surface area contributed by atoms with Crippen molar-refractivity contribution in [1.29, 1.82) is 0 Å². The monoisotopic (exact) mass is 451 g/mol. The topological polar surface area (TPSA) is 139 Å². The molecular weight excluding hydrogens is 430 g/mol. The zero-order valence-corrected chi connectivity index (χ0v) is 18.2. The second kappa shape index (κ2) is 8.50. The van der Waals surface area contributed by atoms with Gasteiger partial charge in [-0.05, 0) is 45.0 Å². The van der Waals surface area contributed by atoms with E-state index in [1.54, 1.807) is 23.9 Å². The van der Waals surface area contributed by atoms with Crippen LogP contribution < -0.4 is 9.94 Å². The summed E-state index contributed by atoms with van der Waals surface area (Å²) in [5.41, 5.74) is 0.689. The van der Waals surface area contributed by atoms with Crippen molar-refractivity contribution in [3.63, 3.8) is 0 Å². The number of ether oxygens (including phenoxy) is 1. The maximum absolute atomic E-state index is 12.6. The maximum atomic E-state index is 12.6. The zero-order valence-electron chi connectivity index (χ0n) is 16.6. The highest BCUT2D eigenvalue weighted by Crippen LogP contribution is 2.21. The maximum Gasteiger partial charge on any atom is 0.326 e. The van der Waals surface area contributed by atoms with Gasteiger partial charge in [-0.15, -0.1) is 0 Å². The Balaban J connectivity index is 2.13. The van der Waals surface area contributed by atoms with E-state index in [1.807, 2.05) is 13.8 Å². The fourth-order valence-corrected chi connectivity index (χ4v) is 4.37. The number of nitrogens with two attached hydrogens (primary N) is 1. The fraction of sp³-hybridized carbons (Fsp3) is 0.333. The minimum Gasteiger partial charge on any atom is -0.465 e. The summed E-state index contributed by atoms with van der Waals surface area (Å²) in [5.74, 6) is -1.09. The molecule has 160 valence electrons. The number of carbonyl (C=O) groups is 2. The van der Waals surface area contributed by atoms with Gasteiger partial charge in [-0.2, -0.15) is 10.1 Å². The van der Waals surface area contributed by atoms with Crippen molar-refractivity contribution in [3.05, 3.63) is 41.0 Å². The predicted octanol–water partition coefficient (Wildman–Crippen LogP) is 1.43. The smallest absolute Gasteiger partial charge is 0.326 e. The molecule has 0 saturated heterocycles. The van der Waals surface area contributed by atoms with Crippen LogP contribution in [-0.2, 0) is 26.1 Å². The first kappa shape index (κ1) is 21.9. The molecule has 0 fully saturated rings. The molecule has 2 heterocycles. The van der Waals surface area contributed by atoms with Gasteiger partial charge in [-0.1, -0.05) is 11.3 Å². The minimum atomic E-state index is -3.91. The SMILES string of the molecule is CCOC(=O)Cn1c(=NC(=O)c2ccn(C(C)C)n2)sc2cc(S(N)(=O)=O)ccc21.